The molecule has 0 spiro atoms. The number of fused-ring (bicyclic) bond motifs is 1. The average Bonchev–Trinajstić information content (AvgIpc) is 2.84. The second-order valence-corrected chi connectivity index (χ2v) is 6.42. The van der Waals surface area contributed by atoms with E-state index in [0.717, 1.165) is 35.8 Å². The molecule has 0 saturated heterocycles. The van der Waals surface area contributed by atoms with Crippen LogP contribution >= 0.6 is 11.3 Å². The minimum atomic E-state index is -0.419. The Hall–Kier alpha value is -1.59. The number of carbonyl (C=O) groups excluding carboxylic acids is 1. The summed E-state index contributed by atoms with van der Waals surface area (Å²) in [5.74, 6) is -0.101. The van der Waals surface area contributed by atoms with E-state index in [1.54, 1.807) is 0 Å². The molecule has 0 radical (unpaired) electrons. The number of hydrogen-bond acceptors (Lipinski definition) is 4. The van der Waals surface area contributed by atoms with Crippen LogP contribution in [0.15, 0.2) is 24.3 Å². The Morgan fingerprint density at radius 2 is 2.10 bits per heavy atom. The summed E-state index contributed by atoms with van der Waals surface area (Å²) < 4.78 is 1.05. The van der Waals surface area contributed by atoms with Crippen molar-refractivity contribution in [2.75, 3.05) is 5.73 Å². The van der Waals surface area contributed by atoms with Gasteiger partial charge in [-0.2, -0.15) is 0 Å². The van der Waals surface area contributed by atoms with Crippen LogP contribution < -0.4 is 11.1 Å². The Morgan fingerprint density at radius 1 is 1.30 bits per heavy atom. The van der Waals surface area contributed by atoms with E-state index in [-0.39, 0.29) is 11.9 Å². The van der Waals surface area contributed by atoms with Crippen molar-refractivity contribution in [1.29, 1.82) is 0 Å². The predicted molar refractivity (Wildman–Crippen MR) is 82.0 cm³/mol. The second kappa shape index (κ2) is 5.42. The van der Waals surface area contributed by atoms with Crippen molar-refractivity contribution < 1.29 is 9.90 Å². The summed E-state index contributed by atoms with van der Waals surface area (Å²) in [6, 6.07) is 7.39. The van der Waals surface area contributed by atoms with Gasteiger partial charge < -0.3 is 16.2 Å². The number of rotatable bonds is 2. The minimum Gasteiger partial charge on any atom is -0.399 e. The summed E-state index contributed by atoms with van der Waals surface area (Å²) in [4.78, 5) is 12.9. The maximum atomic E-state index is 12.3. The van der Waals surface area contributed by atoms with Crippen molar-refractivity contribution in [1.82, 2.24) is 5.32 Å². The first-order valence-corrected chi connectivity index (χ1v) is 7.73. The Labute approximate surface area is 121 Å². The number of aliphatic hydroxyl groups is 1. The Bertz CT molecular complexity index is 638. The van der Waals surface area contributed by atoms with Gasteiger partial charge in [-0.3, -0.25) is 4.79 Å². The smallest absolute Gasteiger partial charge is 0.261 e. The van der Waals surface area contributed by atoms with Crippen LogP contribution in [0.4, 0.5) is 5.69 Å². The molecular formula is C15H18N2O2S. The Morgan fingerprint density at radius 3 is 2.90 bits per heavy atom. The van der Waals surface area contributed by atoms with Gasteiger partial charge in [0.25, 0.3) is 5.91 Å². The maximum absolute atomic E-state index is 12.3. The summed E-state index contributed by atoms with van der Waals surface area (Å²) in [6.07, 6.45) is 3.30. The lowest BCUT2D eigenvalue weighted by Gasteiger charge is -2.28. The second-order valence-electron chi connectivity index (χ2n) is 5.34. The third-order valence-corrected chi connectivity index (χ3v) is 4.92. The first-order valence-electron chi connectivity index (χ1n) is 6.91. The zero-order valence-electron chi connectivity index (χ0n) is 11.1. The predicted octanol–water partition coefficient (Wildman–Crippen LogP) is 2.52. The minimum absolute atomic E-state index is 0.101. The molecule has 0 aliphatic heterocycles. The highest BCUT2D eigenvalue weighted by molar-refractivity contribution is 7.20. The molecule has 1 fully saturated rings. The molecule has 0 bridgehead atoms. The number of benzene rings is 1. The van der Waals surface area contributed by atoms with Gasteiger partial charge in [-0.05, 0) is 42.5 Å². The van der Waals surface area contributed by atoms with Crippen LogP contribution in [0.3, 0.4) is 0 Å². The molecule has 20 heavy (non-hydrogen) atoms. The number of nitrogens with one attached hydrogen (secondary N) is 1. The topological polar surface area (TPSA) is 75.4 Å². The van der Waals surface area contributed by atoms with Crippen molar-refractivity contribution in [2.24, 2.45) is 0 Å². The summed E-state index contributed by atoms with van der Waals surface area (Å²) >= 11 is 1.45. The third kappa shape index (κ3) is 2.64. The van der Waals surface area contributed by atoms with E-state index in [4.69, 9.17) is 5.73 Å². The van der Waals surface area contributed by atoms with Crippen LogP contribution in [-0.2, 0) is 0 Å². The van der Waals surface area contributed by atoms with Crippen LogP contribution in [0.1, 0.15) is 35.4 Å². The molecule has 1 aromatic carbocycles. The van der Waals surface area contributed by atoms with E-state index in [1.807, 2.05) is 24.3 Å². The molecular weight excluding hydrogens is 272 g/mol. The molecule has 1 amide bonds. The fourth-order valence-electron chi connectivity index (χ4n) is 2.69. The third-order valence-electron chi connectivity index (χ3n) is 3.81. The maximum Gasteiger partial charge on any atom is 0.261 e. The monoisotopic (exact) mass is 290 g/mol. The molecule has 106 valence electrons. The number of anilines is 1. The van der Waals surface area contributed by atoms with E-state index in [9.17, 15) is 9.90 Å². The van der Waals surface area contributed by atoms with Gasteiger partial charge in [-0.25, -0.2) is 0 Å². The zero-order chi connectivity index (χ0) is 14.1. The first-order chi connectivity index (χ1) is 9.63. The van der Waals surface area contributed by atoms with Crippen molar-refractivity contribution >= 4 is 33.0 Å². The lowest BCUT2D eigenvalue weighted by atomic mass is 9.92. The molecule has 0 unspecified atom stereocenters. The van der Waals surface area contributed by atoms with Crippen LogP contribution in [0.25, 0.3) is 10.1 Å². The molecule has 4 nitrogen and oxygen atoms in total. The van der Waals surface area contributed by atoms with Gasteiger partial charge >= 0.3 is 0 Å². The summed E-state index contributed by atoms with van der Waals surface area (Å²) in [6.45, 7) is 0. The van der Waals surface area contributed by atoms with Gasteiger partial charge in [0.1, 0.15) is 0 Å². The van der Waals surface area contributed by atoms with Gasteiger partial charge in [0.2, 0.25) is 0 Å². The standard InChI is InChI=1S/C15H18N2O2S/c16-10-5-6-13-9(7-10)8-14(20-13)15(19)17-11-3-1-2-4-12(11)18/h5-8,11-12,18H,1-4,16H2,(H,17,19)/t11-,12-/m0/s1. The normalized spacial score (nSPS) is 22.9. The van der Waals surface area contributed by atoms with Gasteiger partial charge in [0, 0.05) is 10.4 Å². The Kier molecular flexibility index (Phi) is 3.63. The number of aliphatic hydroxyl groups excluding tert-OH is 1. The molecule has 2 atom stereocenters. The van der Waals surface area contributed by atoms with E-state index < -0.39 is 6.10 Å². The zero-order valence-corrected chi connectivity index (χ0v) is 12.0. The molecule has 1 aromatic heterocycles. The number of nitrogen functional groups attached to an aromatic ring is 1. The summed E-state index contributed by atoms with van der Waals surface area (Å²) in [5.41, 5.74) is 6.45. The van der Waals surface area contributed by atoms with Crippen LogP contribution in [0.2, 0.25) is 0 Å². The van der Waals surface area contributed by atoms with Gasteiger partial charge in [-0.1, -0.05) is 12.8 Å². The summed E-state index contributed by atoms with van der Waals surface area (Å²) in [5, 5.41) is 13.9. The molecule has 1 heterocycles. The lowest BCUT2D eigenvalue weighted by molar-refractivity contribution is 0.0720. The first kappa shape index (κ1) is 13.4. The Balaban J connectivity index is 1.78. The van der Waals surface area contributed by atoms with Crippen molar-refractivity contribution in [2.45, 2.75) is 37.8 Å². The number of carbonyl (C=O) groups is 1. The molecule has 3 rings (SSSR count). The molecule has 4 N–H and O–H groups in total. The van der Waals surface area contributed by atoms with Gasteiger partial charge in [0.15, 0.2) is 0 Å². The van der Waals surface area contributed by atoms with Crippen molar-refractivity contribution in [3.63, 3.8) is 0 Å². The number of nitrogens with two attached hydrogens (primary N) is 1. The van der Waals surface area contributed by atoms with Crippen molar-refractivity contribution in [3.8, 4) is 0 Å². The van der Waals surface area contributed by atoms with Crippen LogP contribution in [0.5, 0.6) is 0 Å². The van der Waals surface area contributed by atoms with E-state index in [0.29, 0.717) is 10.6 Å². The highest BCUT2D eigenvalue weighted by Gasteiger charge is 2.25. The lowest BCUT2D eigenvalue weighted by Crippen LogP contribution is -2.44. The SMILES string of the molecule is Nc1ccc2sc(C(=O)N[C@H]3CCCC[C@@H]3O)cc2c1. The van der Waals surface area contributed by atoms with E-state index >= 15 is 0 Å². The van der Waals surface area contributed by atoms with Crippen molar-refractivity contribution in [3.05, 3.63) is 29.1 Å². The summed E-state index contributed by atoms with van der Waals surface area (Å²) in [7, 11) is 0. The number of thiophene rings is 1. The van der Waals surface area contributed by atoms with Crippen LogP contribution in [0, 0.1) is 0 Å². The molecule has 1 aliphatic carbocycles. The molecule has 1 saturated carbocycles. The fourth-order valence-corrected chi connectivity index (χ4v) is 3.64. The average molecular weight is 290 g/mol. The molecule has 5 heteroatoms. The largest absolute Gasteiger partial charge is 0.399 e. The molecule has 2 aromatic rings. The van der Waals surface area contributed by atoms with E-state index in [1.165, 1.54) is 11.3 Å². The number of hydrogen-bond donors (Lipinski definition) is 3. The highest BCUT2D eigenvalue weighted by atomic mass is 32.1. The van der Waals surface area contributed by atoms with E-state index in [2.05, 4.69) is 5.32 Å². The highest BCUT2D eigenvalue weighted by Crippen LogP contribution is 2.28. The van der Waals surface area contributed by atoms with Gasteiger partial charge in [-0.15, -0.1) is 11.3 Å². The number of amides is 1. The quantitative estimate of drug-likeness (QED) is 0.744. The van der Waals surface area contributed by atoms with Gasteiger partial charge in [0.05, 0.1) is 17.0 Å². The fraction of sp³-hybridized carbons (Fsp3) is 0.400. The molecule has 1 aliphatic rings. The van der Waals surface area contributed by atoms with Crippen LogP contribution in [-0.4, -0.2) is 23.2 Å².